The second-order valence-electron chi connectivity index (χ2n) is 7.42. The monoisotopic (exact) mass is 473 g/mol. The number of aromatic nitrogens is 2. The Bertz CT molecular complexity index is 971. The molecule has 1 aliphatic carbocycles. The topological polar surface area (TPSA) is 108 Å². The maximum absolute atomic E-state index is 13.3. The van der Waals surface area contributed by atoms with E-state index in [1.165, 1.54) is 17.5 Å². The molecule has 0 atom stereocenters. The quantitative estimate of drug-likeness (QED) is 0.447. The molecule has 0 saturated heterocycles. The molecule has 0 spiro atoms. The minimum absolute atomic E-state index is 0.0141. The van der Waals surface area contributed by atoms with Crippen LogP contribution in [0.25, 0.3) is 0 Å². The summed E-state index contributed by atoms with van der Waals surface area (Å²) in [6, 6.07) is 0. The molecule has 0 aromatic carbocycles. The molecular formula is C20H26F3N5O3S. The molecule has 2 aromatic rings. The fraction of sp³-hybridized carbons (Fsp3) is 0.550. The summed E-state index contributed by atoms with van der Waals surface area (Å²) in [6.45, 7) is 1.71. The number of amides is 2. The van der Waals surface area contributed by atoms with E-state index >= 15 is 0 Å². The van der Waals surface area contributed by atoms with E-state index in [1.807, 2.05) is 0 Å². The Morgan fingerprint density at radius 2 is 2.03 bits per heavy atom. The third-order valence-electron chi connectivity index (χ3n) is 5.03. The van der Waals surface area contributed by atoms with Gasteiger partial charge in [-0.3, -0.25) is 14.3 Å². The molecule has 0 radical (unpaired) electrons. The minimum atomic E-state index is -4.63. The van der Waals surface area contributed by atoms with Crippen LogP contribution in [0.1, 0.15) is 51.8 Å². The van der Waals surface area contributed by atoms with Crippen molar-refractivity contribution in [3.63, 3.8) is 0 Å². The van der Waals surface area contributed by atoms with Crippen LogP contribution in [0, 0.1) is 0 Å². The van der Waals surface area contributed by atoms with Crippen LogP contribution < -0.4 is 16.0 Å². The number of carbonyl (C=O) groups excluding carboxylic acids is 2. The first-order chi connectivity index (χ1) is 15.2. The van der Waals surface area contributed by atoms with Crippen LogP contribution in [0.4, 0.5) is 18.2 Å². The highest BCUT2D eigenvalue weighted by molar-refractivity contribution is 7.17. The molecule has 0 saturated carbocycles. The Hall–Kier alpha value is -2.44. The predicted molar refractivity (Wildman–Crippen MR) is 114 cm³/mol. The van der Waals surface area contributed by atoms with Gasteiger partial charge in [-0.2, -0.15) is 18.3 Å². The highest BCUT2D eigenvalue weighted by atomic mass is 32.1. The number of rotatable bonds is 9. The number of thiophene rings is 1. The number of aliphatic hydroxyl groups is 1. The van der Waals surface area contributed by atoms with E-state index in [9.17, 15) is 22.8 Å². The average molecular weight is 474 g/mol. The zero-order valence-corrected chi connectivity index (χ0v) is 18.5. The molecule has 3 rings (SSSR count). The van der Waals surface area contributed by atoms with Gasteiger partial charge in [-0.05, 0) is 37.8 Å². The first-order valence-electron chi connectivity index (χ1n) is 10.4. The van der Waals surface area contributed by atoms with Crippen molar-refractivity contribution in [1.82, 2.24) is 20.4 Å². The molecule has 2 amide bonds. The lowest BCUT2D eigenvalue weighted by Crippen LogP contribution is -2.28. The van der Waals surface area contributed by atoms with E-state index in [2.05, 4.69) is 21.0 Å². The Labute approximate surface area is 187 Å². The smallest absolute Gasteiger partial charge is 0.395 e. The highest BCUT2D eigenvalue weighted by Crippen LogP contribution is 2.38. The Morgan fingerprint density at radius 3 is 2.72 bits per heavy atom. The van der Waals surface area contributed by atoms with Gasteiger partial charge in [0.25, 0.3) is 5.91 Å². The second-order valence-corrected chi connectivity index (χ2v) is 8.53. The lowest BCUT2D eigenvalue weighted by atomic mass is 9.95. The number of nitrogens with one attached hydrogen (secondary N) is 3. The van der Waals surface area contributed by atoms with Crippen molar-refractivity contribution in [1.29, 1.82) is 0 Å². The van der Waals surface area contributed by atoms with Crippen molar-refractivity contribution in [3.8, 4) is 0 Å². The van der Waals surface area contributed by atoms with Crippen molar-refractivity contribution in [2.75, 3.05) is 25.0 Å². The van der Waals surface area contributed by atoms with Gasteiger partial charge in [0.15, 0.2) is 5.69 Å². The number of halogens is 3. The molecule has 4 N–H and O–H groups in total. The standard InChI is InChI=1S/C20H26F3N5O3S/c1-2-24-9-12-10-28(27-17(12)20(21,22)23)11-15(30)26-19-16(18(31)25-7-8-29)13-5-3-4-6-14(13)32-19/h10,24,29H,2-9,11H2,1H3,(H,25,31)(H,26,30). The molecule has 0 unspecified atom stereocenters. The Kier molecular flexibility index (Phi) is 7.91. The van der Waals surface area contributed by atoms with Crippen LogP contribution in [0.2, 0.25) is 0 Å². The van der Waals surface area contributed by atoms with Gasteiger partial charge in [0.1, 0.15) is 11.5 Å². The molecule has 1 aliphatic rings. The van der Waals surface area contributed by atoms with Crippen LogP contribution in [0.3, 0.4) is 0 Å². The van der Waals surface area contributed by atoms with Crippen LogP contribution in [0.5, 0.6) is 0 Å². The van der Waals surface area contributed by atoms with Gasteiger partial charge in [-0.1, -0.05) is 6.92 Å². The number of carbonyl (C=O) groups is 2. The highest BCUT2D eigenvalue weighted by Gasteiger charge is 2.37. The van der Waals surface area contributed by atoms with Gasteiger partial charge >= 0.3 is 6.18 Å². The average Bonchev–Trinajstić information content (AvgIpc) is 3.31. The van der Waals surface area contributed by atoms with Gasteiger partial charge in [0, 0.05) is 29.7 Å². The summed E-state index contributed by atoms with van der Waals surface area (Å²) in [6.07, 6.45) is 0.0142. The van der Waals surface area contributed by atoms with Crippen molar-refractivity contribution >= 4 is 28.2 Å². The van der Waals surface area contributed by atoms with E-state index in [4.69, 9.17) is 5.11 Å². The van der Waals surface area contributed by atoms with Gasteiger partial charge in [-0.15, -0.1) is 11.3 Å². The minimum Gasteiger partial charge on any atom is -0.395 e. The largest absolute Gasteiger partial charge is 0.435 e. The first-order valence-corrected chi connectivity index (χ1v) is 11.2. The number of fused-ring (bicyclic) bond motifs is 1. The van der Waals surface area contributed by atoms with Crippen molar-refractivity contribution in [2.45, 2.75) is 51.9 Å². The fourth-order valence-corrected chi connectivity index (χ4v) is 4.94. The van der Waals surface area contributed by atoms with Gasteiger partial charge in [-0.25, -0.2) is 0 Å². The van der Waals surface area contributed by atoms with E-state index in [0.717, 1.165) is 34.4 Å². The van der Waals surface area contributed by atoms with Crippen molar-refractivity contribution < 1.29 is 27.9 Å². The van der Waals surface area contributed by atoms with E-state index < -0.39 is 24.3 Å². The lowest BCUT2D eigenvalue weighted by Gasteiger charge is -2.13. The summed E-state index contributed by atoms with van der Waals surface area (Å²) in [4.78, 5) is 26.3. The number of hydrogen-bond donors (Lipinski definition) is 4. The van der Waals surface area contributed by atoms with E-state index in [-0.39, 0.29) is 31.2 Å². The number of anilines is 1. The first kappa shape index (κ1) is 24.2. The normalized spacial score (nSPS) is 13.7. The molecule has 2 heterocycles. The molecule has 176 valence electrons. The summed E-state index contributed by atoms with van der Waals surface area (Å²) >= 11 is 1.31. The Balaban J connectivity index is 1.80. The third-order valence-corrected chi connectivity index (χ3v) is 6.23. The number of alkyl halides is 3. The van der Waals surface area contributed by atoms with Crippen LogP contribution in [-0.2, 0) is 36.9 Å². The molecule has 12 heteroatoms. The third kappa shape index (κ3) is 5.67. The molecular weight excluding hydrogens is 447 g/mol. The summed E-state index contributed by atoms with van der Waals surface area (Å²) in [7, 11) is 0. The fourth-order valence-electron chi connectivity index (χ4n) is 3.64. The summed E-state index contributed by atoms with van der Waals surface area (Å²) < 4.78 is 40.8. The zero-order valence-electron chi connectivity index (χ0n) is 17.6. The maximum Gasteiger partial charge on any atom is 0.435 e. The van der Waals surface area contributed by atoms with E-state index in [0.29, 0.717) is 23.5 Å². The predicted octanol–water partition coefficient (Wildman–Crippen LogP) is 2.31. The van der Waals surface area contributed by atoms with Crippen LogP contribution >= 0.6 is 11.3 Å². The van der Waals surface area contributed by atoms with Crippen molar-refractivity contribution in [3.05, 3.63) is 33.5 Å². The van der Waals surface area contributed by atoms with Crippen LogP contribution in [0.15, 0.2) is 6.20 Å². The SMILES string of the molecule is CCNCc1cn(CC(=O)Nc2sc3c(c2C(=O)NCCO)CCCC3)nc1C(F)(F)F. The molecule has 0 bridgehead atoms. The number of aliphatic hydroxyl groups excluding tert-OH is 1. The van der Waals surface area contributed by atoms with Crippen molar-refractivity contribution in [2.24, 2.45) is 0 Å². The summed E-state index contributed by atoms with van der Waals surface area (Å²) in [5.41, 5.74) is 0.193. The number of hydrogen-bond acceptors (Lipinski definition) is 6. The lowest BCUT2D eigenvalue weighted by molar-refractivity contribution is -0.142. The second kappa shape index (κ2) is 10.5. The molecule has 0 aliphatic heterocycles. The zero-order chi connectivity index (χ0) is 23.3. The Morgan fingerprint density at radius 1 is 1.28 bits per heavy atom. The molecule has 32 heavy (non-hydrogen) atoms. The van der Waals surface area contributed by atoms with Gasteiger partial charge in [0.05, 0.1) is 12.2 Å². The van der Waals surface area contributed by atoms with Crippen LogP contribution in [-0.4, -0.2) is 46.4 Å². The van der Waals surface area contributed by atoms with Gasteiger partial charge < -0.3 is 21.1 Å². The van der Waals surface area contributed by atoms with Gasteiger partial charge in [0.2, 0.25) is 5.91 Å². The van der Waals surface area contributed by atoms with E-state index in [1.54, 1.807) is 6.92 Å². The number of nitrogens with zero attached hydrogens (tertiary/aromatic N) is 2. The summed E-state index contributed by atoms with van der Waals surface area (Å²) in [5, 5.41) is 21.1. The molecule has 2 aromatic heterocycles. The maximum atomic E-state index is 13.3. The summed E-state index contributed by atoms with van der Waals surface area (Å²) in [5.74, 6) is -0.967. The number of aryl methyl sites for hydroxylation is 1. The molecule has 0 fully saturated rings. The molecule has 8 nitrogen and oxygen atoms in total.